The zero-order chi connectivity index (χ0) is 10.4. The first-order chi connectivity index (χ1) is 6.77. The van der Waals surface area contributed by atoms with Crippen LogP contribution in [0.25, 0.3) is 0 Å². The lowest BCUT2D eigenvalue weighted by Gasteiger charge is -2.14. The molecule has 0 saturated carbocycles. The first-order valence-electron chi connectivity index (χ1n) is 4.76. The van der Waals surface area contributed by atoms with Crippen LogP contribution in [0.4, 0.5) is 0 Å². The fourth-order valence-corrected chi connectivity index (χ4v) is 2.09. The van der Waals surface area contributed by atoms with Crippen molar-refractivity contribution in [2.75, 3.05) is 13.2 Å². The maximum Gasteiger partial charge on any atom is 0.0585 e. The van der Waals surface area contributed by atoms with E-state index in [1.54, 1.807) is 11.3 Å². The van der Waals surface area contributed by atoms with E-state index in [2.05, 4.69) is 23.7 Å². The molecule has 0 saturated heterocycles. The molecule has 0 amide bonds. The number of aryl methyl sites for hydroxylation is 1. The van der Waals surface area contributed by atoms with Gasteiger partial charge in [0.1, 0.15) is 0 Å². The Balaban J connectivity index is 2.35. The molecule has 3 nitrogen and oxygen atoms in total. The standard InChI is InChI=1S/C10H17NO2S/c1-8-3-5-14-10(8)6-11-9(7-13)2-4-12/h3,5,9,11-13H,2,4,6-7H2,1H3. The average Bonchev–Trinajstić information content (AvgIpc) is 2.59. The molecule has 1 unspecified atom stereocenters. The summed E-state index contributed by atoms with van der Waals surface area (Å²) in [5.74, 6) is 0. The first-order valence-corrected chi connectivity index (χ1v) is 5.64. The third kappa shape index (κ3) is 3.38. The molecule has 0 aliphatic rings. The molecule has 0 bridgehead atoms. The molecule has 0 aromatic carbocycles. The smallest absolute Gasteiger partial charge is 0.0585 e. The van der Waals surface area contributed by atoms with E-state index < -0.39 is 0 Å². The Morgan fingerprint density at radius 1 is 1.50 bits per heavy atom. The molecule has 1 aromatic rings. The Kier molecular flexibility index (Phi) is 5.11. The second-order valence-corrected chi connectivity index (χ2v) is 4.30. The number of aliphatic hydroxyl groups excluding tert-OH is 2. The lowest BCUT2D eigenvalue weighted by molar-refractivity contribution is 0.200. The molecule has 4 heteroatoms. The van der Waals surface area contributed by atoms with Gasteiger partial charge in [0.2, 0.25) is 0 Å². The lowest BCUT2D eigenvalue weighted by Crippen LogP contribution is -2.32. The van der Waals surface area contributed by atoms with Gasteiger partial charge in [-0.1, -0.05) is 0 Å². The highest BCUT2D eigenvalue weighted by molar-refractivity contribution is 7.10. The van der Waals surface area contributed by atoms with E-state index >= 15 is 0 Å². The largest absolute Gasteiger partial charge is 0.396 e. The van der Waals surface area contributed by atoms with E-state index in [1.165, 1.54) is 10.4 Å². The Labute approximate surface area is 88.4 Å². The summed E-state index contributed by atoms with van der Waals surface area (Å²) in [6.07, 6.45) is 0.598. The number of rotatable bonds is 6. The molecule has 0 radical (unpaired) electrons. The van der Waals surface area contributed by atoms with E-state index in [9.17, 15) is 0 Å². The molecule has 0 fully saturated rings. The highest BCUT2D eigenvalue weighted by Gasteiger charge is 2.06. The first kappa shape index (κ1) is 11.7. The van der Waals surface area contributed by atoms with Crippen molar-refractivity contribution >= 4 is 11.3 Å². The highest BCUT2D eigenvalue weighted by atomic mass is 32.1. The summed E-state index contributed by atoms with van der Waals surface area (Å²) in [6.45, 7) is 3.04. The zero-order valence-corrected chi connectivity index (χ0v) is 9.18. The van der Waals surface area contributed by atoms with Gasteiger partial charge in [0.15, 0.2) is 0 Å². The predicted molar refractivity (Wildman–Crippen MR) is 58.5 cm³/mol. The monoisotopic (exact) mass is 215 g/mol. The van der Waals surface area contributed by atoms with Crippen molar-refractivity contribution in [1.82, 2.24) is 5.32 Å². The SMILES string of the molecule is Cc1ccsc1CNC(CO)CCO. The average molecular weight is 215 g/mol. The van der Waals surface area contributed by atoms with Gasteiger partial charge >= 0.3 is 0 Å². The summed E-state index contributed by atoms with van der Waals surface area (Å²) in [6, 6.07) is 2.09. The summed E-state index contributed by atoms with van der Waals surface area (Å²) in [5.41, 5.74) is 1.28. The zero-order valence-electron chi connectivity index (χ0n) is 8.36. The van der Waals surface area contributed by atoms with Gasteiger partial charge < -0.3 is 15.5 Å². The van der Waals surface area contributed by atoms with Crippen molar-refractivity contribution in [2.45, 2.75) is 25.9 Å². The van der Waals surface area contributed by atoms with Crippen LogP contribution in [0, 0.1) is 6.92 Å². The number of nitrogens with one attached hydrogen (secondary N) is 1. The van der Waals surface area contributed by atoms with Gasteiger partial charge in [-0.25, -0.2) is 0 Å². The van der Waals surface area contributed by atoms with Crippen molar-refractivity contribution in [2.24, 2.45) is 0 Å². The van der Waals surface area contributed by atoms with Crippen molar-refractivity contribution in [3.05, 3.63) is 21.9 Å². The van der Waals surface area contributed by atoms with Gasteiger partial charge in [-0.05, 0) is 30.4 Å². The third-order valence-corrected chi connectivity index (χ3v) is 3.24. The summed E-state index contributed by atoms with van der Waals surface area (Å²) in [4.78, 5) is 1.29. The molecule has 1 rings (SSSR count). The van der Waals surface area contributed by atoms with Gasteiger partial charge in [-0.3, -0.25) is 0 Å². The fourth-order valence-electron chi connectivity index (χ4n) is 1.24. The molecule has 1 heterocycles. The molecule has 0 aliphatic heterocycles. The molecule has 3 N–H and O–H groups in total. The summed E-state index contributed by atoms with van der Waals surface area (Å²) < 4.78 is 0. The molecule has 0 aliphatic carbocycles. The fraction of sp³-hybridized carbons (Fsp3) is 0.600. The maximum atomic E-state index is 8.98. The summed E-state index contributed by atoms with van der Waals surface area (Å²) in [5, 5.41) is 23.0. The van der Waals surface area contributed by atoms with Crippen molar-refractivity contribution in [1.29, 1.82) is 0 Å². The minimum absolute atomic E-state index is 0.00139. The summed E-state index contributed by atoms with van der Waals surface area (Å²) >= 11 is 1.71. The van der Waals surface area contributed by atoms with Gasteiger partial charge in [0.05, 0.1) is 6.61 Å². The van der Waals surface area contributed by atoms with E-state index in [-0.39, 0.29) is 19.3 Å². The number of hydrogen-bond donors (Lipinski definition) is 3. The van der Waals surface area contributed by atoms with Gasteiger partial charge in [-0.15, -0.1) is 11.3 Å². The van der Waals surface area contributed by atoms with E-state index in [1.807, 2.05) is 0 Å². The molecule has 80 valence electrons. The van der Waals surface area contributed by atoms with Gasteiger partial charge in [-0.2, -0.15) is 0 Å². The topological polar surface area (TPSA) is 52.5 Å². The van der Waals surface area contributed by atoms with Crippen LogP contribution in [0.1, 0.15) is 16.9 Å². The minimum Gasteiger partial charge on any atom is -0.396 e. The van der Waals surface area contributed by atoms with E-state index in [0.717, 1.165) is 6.54 Å². The van der Waals surface area contributed by atoms with Crippen molar-refractivity contribution < 1.29 is 10.2 Å². The van der Waals surface area contributed by atoms with Crippen LogP contribution in [-0.2, 0) is 6.54 Å². The Morgan fingerprint density at radius 3 is 2.79 bits per heavy atom. The van der Waals surface area contributed by atoms with Crippen LogP contribution in [-0.4, -0.2) is 29.5 Å². The van der Waals surface area contributed by atoms with Crippen LogP contribution in [0.2, 0.25) is 0 Å². The Morgan fingerprint density at radius 2 is 2.29 bits per heavy atom. The Bertz CT molecular complexity index is 262. The molecule has 1 aromatic heterocycles. The number of thiophene rings is 1. The third-order valence-electron chi connectivity index (χ3n) is 2.22. The highest BCUT2D eigenvalue weighted by Crippen LogP contribution is 2.15. The summed E-state index contributed by atoms with van der Waals surface area (Å²) in [7, 11) is 0. The van der Waals surface area contributed by atoms with Crippen molar-refractivity contribution in [3.63, 3.8) is 0 Å². The minimum atomic E-state index is 0.00139. The van der Waals surface area contributed by atoms with Crippen LogP contribution in [0.5, 0.6) is 0 Å². The normalized spacial score (nSPS) is 13.1. The van der Waals surface area contributed by atoms with Gasteiger partial charge in [0, 0.05) is 24.1 Å². The molecular weight excluding hydrogens is 198 g/mol. The van der Waals surface area contributed by atoms with Crippen LogP contribution in [0.15, 0.2) is 11.4 Å². The van der Waals surface area contributed by atoms with E-state index in [4.69, 9.17) is 10.2 Å². The maximum absolute atomic E-state index is 8.98. The second kappa shape index (κ2) is 6.14. The number of hydrogen-bond acceptors (Lipinski definition) is 4. The van der Waals surface area contributed by atoms with Gasteiger partial charge in [0.25, 0.3) is 0 Å². The van der Waals surface area contributed by atoms with Crippen molar-refractivity contribution in [3.8, 4) is 0 Å². The van der Waals surface area contributed by atoms with Crippen LogP contribution >= 0.6 is 11.3 Å². The quantitative estimate of drug-likeness (QED) is 0.660. The molecule has 1 atom stereocenters. The second-order valence-electron chi connectivity index (χ2n) is 3.30. The van der Waals surface area contributed by atoms with Crippen LogP contribution in [0.3, 0.4) is 0 Å². The molecular formula is C10H17NO2S. The molecule has 0 spiro atoms. The lowest BCUT2D eigenvalue weighted by atomic mass is 10.2. The predicted octanol–water partition coefficient (Wildman–Crippen LogP) is 0.889. The number of aliphatic hydroxyl groups is 2. The van der Waals surface area contributed by atoms with E-state index in [0.29, 0.717) is 6.42 Å². The Hall–Kier alpha value is -0.420. The molecule has 14 heavy (non-hydrogen) atoms. The van der Waals surface area contributed by atoms with Crippen LogP contribution < -0.4 is 5.32 Å².